The standard InChI is InChI=1S/C6H5N5O/c1(5-3-9-12-11-5)2-6-7-4-8-10-6/h1-4H,(H,7,8,10)/b2-1+. The lowest BCUT2D eigenvalue weighted by atomic mass is 10.4. The van der Waals surface area contributed by atoms with Gasteiger partial charge in [0.15, 0.2) is 5.82 Å². The fourth-order valence-electron chi connectivity index (χ4n) is 0.706. The summed E-state index contributed by atoms with van der Waals surface area (Å²) < 4.78 is 4.39. The lowest BCUT2D eigenvalue weighted by Gasteiger charge is -1.78. The Morgan fingerprint density at radius 1 is 1.42 bits per heavy atom. The van der Waals surface area contributed by atoms with Crippen LogP contribution < -0.4 is 0 Å². The summed E-state index contributed by atoms with van der Waals surface area (Å²) in [7, 11) is 0. The first-order valence-electron chi connectivity index (χ1n) is 3.27. The summed E-state index contributed by atoms with van der Waals surface area (Å²) in [6, 6.07) is 0. The van der Waals surface area contributed by atoms with Gasteiger partial charge < -0.3 is 4.98 Å². The molecular weight excluding hydrogens is 158 g/mol. The van der Waals surface area contributed by atoms with E-state index in [9.17, 15) is 0 Å². The molecule has 0 aromatic carbocycles. The third kappa shape index (κ3) is 1.36. The molecule has 6 nitrogen and oxygen atoms in total. The van der Waals surface area contributed by atoms with E-state index in [0.717, 1.165) is 0 Å². The van der Waals surface area contributed by atoms with E-state index in [1.165, 1.54) is 12.5 Å². The number of aromatic amines is 1. The molecular formula is C6H5N5O. The molecule has 2 rings (SSSR count). The molecule has 0 spiro atoms. The summed E-state index contributed by atoms with van der Waals surface area (Å²) in [6.45, 7) is 0. The van der Waals surface area contributed by atoms with Gasteiger partial charge in [-0.15, -0.1) is 10.2 Å². The summed E-state index contributed by atoms with van der Waals surface area (Å²) in [5, 5.41) is 14.4. The summed E-state index contributed by atoms with van der Waals surface area (Å²) in [4.78, 5) is 2.81. The molecule has 12 heavy (non-hydrogen) atoms. The number of aromatic nitrogens is 5. The van der Waals surface area contributed by atoms with Crippen LogP contribution in [0.5, 0.6) is 0 Å². The average molecular weight is 163 g/mol. The second-order valence-corrected chi connectivity index (χ2v) is 2.04. The molecule has 2 aromatic rings. The van der Waals surface area contributed by atoms with E-state index in [4.69, 9.17) is 0 Å². The van der Waals surface area contributed by atoms with Gasteiger partial charge in [0.25, 0.3) is 0 Å². The second kappa shape index (κ2) is 2.95. The molecule has 6 heteroatoms. The molecule has 60 valence electrons. The first-order valence-corrected chi connectivity index (χ1v) is 3.27. The molecule has 0 bridgehead atoms. The van der Waals surface area contributed by atoms with Gasteiger partial charge in [0.05, 0.1) is 6.20 Å². The van der Waals surface area contributed by atoms with Crippen LogP contribution in [-0.2, 0) is 0 Å². The van der Waals surface area contributed by atoms with Crippen molar-refractivity contribution in [1.29, 1.82) is 0 Å². The quantitative estimate of drug-likeness (QED) is 0.691. The van der Waals surface area contributed by atoms with Crippen LogP contribution in [0.3, 0.4) is 0 Å². The van der Waals surface area contributed by atoms with Gasteiger partial charge in [-0.2, -0.15) is 0 Å². The van der Waals surface area contributed by atoms with Gasteiger partial charge in [0, 0.05) is 0 Å². The number of hydrogen-bond donors (Lipinski definition) is 1. The van der Waals surface area contributed by atoms with E-state index in [0.29, 0.717) is 11.5 Å². The minimum atomic E-state index is 0.645. The van der Waals surface area contributed by atoms with Crippen molar-refractivity contribution in [3.63, 3.8) is 0 Å². The van der Waals surface area contributed by atoms with Gasteiger partial charge >= 0.3 is 0 Å². The van der Waals surface area contributed by atoms with Crippen LogP contribution in [0.15, 0.2) is 17.2 Å². The Balaban J connectivity index is 2.14. The molecule has 0 unspecified atom stereocenters. The summed E-state index contributed by atoms with van der Waals surface area (Å²) >= 11 is 0. The minimum Gasteiger partial charge on any atom is -0.328 e. The Morgan fingerprint density at radius 3 is 3.08 bits per heavy atom. The van der Waals surface area contributed by atoms with Crippen LogP contribution >= 0.6 is 0 Å². The summed E-state index contributed by atoms with van der Waals surface area (Å²) in [5.41, 5.74) is 0.645. The molecule has 0 saturated heterocycles. The topological polar surface area (TPSA) is 80.5 Å². The van der Waals surface area contributed by atoms with Crippen LogP contribution in [0.1, 0.15) is 11.5 Å². The maximum atomic E-state index is 4.39. The van der Waals surface area contributed by atoms with Gasteiger partial charge in [-0.25, -0.2) is 4.63 Å². The van der Waals surface area contributed by atoms with Crippen molar-refractivity contribution in [2.75, 3.05) is 0 Å². The molecule has 0 saturated carbocycles. The SMILES string of the molecule is C(=C\c1nnc[nH]1)/c1cnon1. The maximum absolute atomic E-state index is 4.39. The van der Waals surface area contributed by atoms with E-state index in [1.807, 2.05) is 0 Å². The number of rotatable bonds is 2. The van der Waals surface area contributed by atoms with E-state index >= 15 is 0 Å². The highest BCUT2D eigenvalue weighted by molar-refractivity contribution is 5.63. The molecule has 0 radical (unpaired) electrons. The third-order valence-electron chi connectivity index (χ3n) is 1.23. The first-order chi connectivity index (χ1) is 5.95. The summed E-state index contributed by atoms with van der Waals surface area (Å²) in [5.74, 6) is 0.665. The molecule has 2 aromatic heterocycles. The fraction of sp³-hybridized carbons (Fsp3) is 0. The molecule has 2 heterocycles. The van der Waals surface area contributed by atoms with Gasteiger partial charge in [-0.3, -0.25) is 0 Å². The predicted octanol–water partition coefficient (Wildman–Crippen LogP) is 0.358. The Bertz CT molecular complexity index is 313. The van der Waals surface area contributed by atoms with Crippen LogP contribution in [0, 0.1) is 0 Å². The molecule has 0 amide bonds. The number of nitrogens with zero attached hydrogens (tertiary/aromatic N) is 4. The van der Waals surface area contributed by atoms with E-state index < -0.39 is 0 Å². The highest BCUT2D eigenvalue weighted by Gasteiger charge is 1.91. The highest BCUT2D eigenvalue weighted by atomic mass is 16.6. The number of hydrogen-bond acceptors (Lipinski definition) is 5. The lowest BCUT2D eigenvalue weighted by molar-refractivity contribution is 0.306. The summed E-state index contributed by atoms with van der Waals surface area (Å²) in [6.07, 6.45) is 6.46. The van der Waals surface area contributed by atoms with Crippen LogP contribution in [0.2, 0.25) is 0 Å². The van der Waals surface area contributed by atoms with Gasteiger partial charge in [0.1, 0.15) is 12.0 Å². The largest absolute Gasteiger partial charge is 0.328 e. The first kappa shape index (κ1) is 6.71. The molecule has 0 aliphatic heterocycles. The second-order valence-electron chi connectivity index (χ2n) is 2.04. The van der Waals surface area contributed by atoms with Crippen LogP contribution in [0.25, 0.3) is 12.2 Å². The zero-order valence-corrected chi connectivity index (χ0v) is 6.01. The van der Waals surface area contributed by atoms with Crippen molar-refractivity contribution in [1.82, 2.24) is 25.5 Å². The third-order valence-corrected chi connectivity index (χ3v) is 1.23. The van der Waals surface area contributed by atoms with E-state index in [2.05, 4.69) is 30.1 Å². The van der Waals surface area contributed by atoms with E-state index in [-0.39, 0.29) is 0 Å². The monoisotopic (exact) mass is 163 g/mol. The normalized spacial score (nSPS) is 11.0. The zero-order chi connectivity index (χ0) is 8.23. The smallest absolute Gasteiger partial charge is 0.153 e. The lowest BCUT2D eigenvalue weighted by Crippen LogP contribution is -1.74. The number of nitrogens with one attached hydrogen (secondary N) is 1. The predicted molar refractivity (Wildman–Crippen MR) is 39.6 cm³/mol. The zero-order valence-electron chi connectivity index (χ0n) is 6.01. The van der Waals surface area contributed by atoms with Crippen molar-refractivity contribution < 1.29 is 4.63 Å². The van der Waals surface area contributed by atoms with Crippen molar-refractivity contribution >= 4 is 12.2 Å². The Labute approximate surface area is 67.3 Å². The van der Waals surface area contributed by atoms with Crippen LogP contribution in [-0.4, -0.2) is 25.5 Å². The molecule has 1 N–H and O–H groups in total. The Hall–Kier alpha value is -1.98. The minimum absolute atomic E-state index is 0.645. The highest BCUT2D eigenvalue weighted by Crippen LogP contribution is 1.98. The molecule has 0 fully saturated rings. The van der Waals surface area contributed by atoms with Gasteiger partial charge in [-0.1, -0.05) is 10.3 Å². The average Bonchev–Trinajstić information content (AvgIpc) is 2.74. The van der Waals surface area contributed by atoms with Crippen LogP contribution in [0.4, 0.5) is 0 Å². The van der Waals surface area contributed by atoms with Crippen molar-refractivity contribution in [3.05, 3.63) is 24.0 Å². The Kier molecular flexibility index (Phi) is 1.65. The van der Waals surface area contributed by atoms with Crippen molar-refractivity contribution in [3.8, 4) is 0 Å². The molecule has 0 atom stereocenters. The number of H-pyrrole nitrogens is 1. The van der Waals surface area contributed by atoms with Gasteiger partial charge in [-0.05, 0) is 12.2 Å². The van der Waals surface area contributed by atoms with Crippen molar-refractivity contribution in [2.24, 2.45) is 0 Å². The molecule has 0 aliphatic carbocycles. The molecule has 0 aliphatic rings. The fourth-order valence-corrected chi connectivity index (χ4v) is 0.706. The van der Waals surface area contributed by atoms with Gasteiger partial charge in [0.2, 0.25) is 0 Å². The van der Waals surface area contributed by atoms with E-state index in [1.54, 1.807) is 12.2 Å². The Morgan fingerprint density at radius 2 is 2.42 bits per heavy atom. The maximum Gasteiger partial charge on any atom is 0.153 e. The van der Waals surface area contributed by atoms with Crippen molar-refractivity contribution in [2.45, 2.75) is 0 Å².